The first-order chi connectivity index (χ1) is 12.2. The number of aromatic amines is 1. The van der Waals surface area contributed by atoms with Gasteiger partial charge < -0.3 is 10.1 Å². The summed E-state index contributed by atoms with van der Waals surface area (Å²) in [7, 11) is 0. The van der Waals surface area contributed by atoms with E-state index in [1.54, 1.807) is 6.20 Å². The number of fused-ring (bicyclic) bond motifs is 2. The van der Waals surface area contributed by atoms with Crippen LogP contribution in [-0.4, -0.2) is 33.3 Å². The smallest absolute Gasteiger partial charge is 0.281 e. The Balaban J connectivity index is 1.60. The Morgan fingerprint density at radius 3 is 2.92 bits per heavy atom. The van der Waals surface area contributed by atoms with Gasteiger partial charge in [0.2, 0.25) is 5.70 Å². The number of nitrogens with zero attached hydrogens (tertiary/aromatic N) is 3. The van der Waals surface area contributed by atoms with Crippen LogP contribution in [0.3, 0.4) is 0 Å². The molecule has 25 heavy (non-hydrogen) atoms. The zero-order chi connectivity index (χ0) is 17.0. The number of amidine groups is 1. The third kappa shape index (κ3) is 2.08. The van der Waals surface area contributed by atoms with E-state index in [1.807, 2.05) is 24.5 Å². The Kier molecular flexibility index (Phi) is 3.09. The summed E-state index contributed by atoms with van der Waals surface area (Å²) in [4.78, 5) is 12.7. The molecule has 0 saturated heterocycles. The fourth-order valence-electron chi connectivity index (χ4n) is 3.99. The van der Waals surface area contributed by atoms with E-state index in [1.165, 1.54) is 0 Å². The van der Waals surface area contributed by atoms with Gasteiger partial charge in [-0.1, -0.05) is 18.2 Å². The van der Waals surface area contributed by atoms with Gasteiger partial charge in [0.15, 0.2) is 0 Å². The van der Waals surface area contributed by atoms with Gasteiger partial charge in [0.1, 0.15) is 17.6 Å². The maximum Gasteiger partial charge on any atom is 0.281 e. The molecule has 2 aliphatic heterocycles. The predicted molar refractivity (Wildman–Crippen MR) is 97.2 cm³/mol. The molecule has 0 amide bonds. The second-order valence-electron chi connectivity index (χ2n) is 7.05. The van der Waals surface area contributed by atoms with E-state index in [0.717, 1.165) is 46.7 Å². The molecule has 1 unspecified atom stereocenters. The lowest BCUT2D eigenvalue weighted by atomic mass is 9.73. The standard InChI is InChI=1S/C19H20N5O/c20-24-6-5-21-10-17(24)18(14-7-12(8-14)11-25)23-19(24)16-9-13-3-1-2-4-15(13)22-16/h1-6,9-10,12,14,22,25H,7-8,11,20H2/q+1. The van der Waals surface area contributed by atoms with E-state index in [4.69, 9.17) is 10.8 Å². The van der Waals surface area contributed by atoms with Crippen LogP contribution in [0, 0.1) is 11.8 Å². The molecule has 0 spiro atoms. The van der Waals surface area contributed by atoms with Crippen molar-refractivity contribution in [2.45, 2.75) is 12.8 Å². The second-order valence-corrected chi connectivity index (χ2v) is 7.05. The van der Waals surface area contributed by atoms with Crippen molar-refractivity contribution in [2.24, 2.45) is 27.7 Å². The minimum atomic E-state index is 0.0476. The Bertz CT molecular complexity index is 944. The van der Waals surface area contributed by atoms with Crippen molar-refractivity contribution < 1.29 is 9.70 Å². The fourth-order valence-corrected chi connectivity index (χ4v) is 3.99. The molecule has 1 atom stereocenters. The molecule has 1 aliphatic carbocycles. The van der Waals surface area contributed by atoms with E-state index >= 15 is 0 Å². The number of hydrogen-bond donors (Lipinski definition) is 3. The first kappa shape index (κ1) is 14.8. The fraction of sp³-hybridized carbons (Fsp3) is 0.263. The van der Waals surface area contributed by atoms with E-state index in [2.05, 4.69) is 28.2 Å². The van der Waals surface area contributed by atoms with Crippen LogP contribution in [0.1, 0.15) is 18.5 Å². The molecular weight excluding hydrogens is 314 g/mol. The minimum absolute atomic E-state index is 0.0476. The average Bonchev–Trinajstić information content (AvgIpc) is 3.12. The highest BCUT2D eigenvalue weighted by Gasteiger charge is 2.48. The van der Waals surface area contributed by atoms with Crippen molar-refractivity contribution in [2.75, 3.05) is 6.61 Å². The number of rotatable bonds is 3. The van der Waals surface area contributed by atoms with Crippen LogP contribution < -0.4 is 5.84 Å². The van der Waals surface area contributed by atoms with Gasteiger partial charge in [0, 0.05) is 23.4 Å². The van der Waals surface area contributed by atoms with Gasteiger partial charge in [-0.25, -0.2) is 0 Å². The number of para-hydroxylation sites is 1. The van der Waals surface area contributed by atoms with Crippen LogP contribution in [0.2, 0.25) is 0 Å². The lowest BCUT2D eigenvalue weighted by Gasteiger charge is -2.33. The third-order valence-corrected chi connectivity index (χ3v) is 5.47. The molecule has 0 bridgehead atoms. The van der Waals surface area contributed by atoms with E-state index in [0.29, 0.717) is 11.8 Å². The van der Waals surface area contributed by atoms with Crippen LogP contribution in [0.5, 0.6) is 0 Å². The summed E-state index contributed by atoms with van der Waals surface area (Å²) < 4.78 is 0.0476. The van der Waals surface area contributed by atoms with Gasteiger partial charge in [-0.3, -0.25) is 4.99 Å². The summed E-state index contributed by atoms with van der Waals surface area (Å²) >= 11 is 0. The Morgan fingerprint density at radius 1 is 1.28 bits per heavy atom. The molecule has 5 rings (SSSR count). The number of hydrogen-bond acceptors (Lipinski definition) is 4. The van der Waals surface area contributed by atoms with Crippen LogP contribution >= 0.6 is 0 Å². The first-order valence-corrected chi connectivity index (χ1v) is 8.60. The normalized spacial score (nSPS) is 30.6. The highest BCUT2D eigenvalue weighted by Crippen LogP contribution is 2.44. The van der Waals surface area contributed by atoms with Crippen LogP contribution in [-0.2, 0) is 0 Å². The largest absolute Gasteiger partial charge is 0.396 e. The van der Waals surface area contributed by atoms with Gasteiger partial charge in [-0.2, -0.15) is 10.8 Å². The molecule has 6 nitrogen and oxygen atoms in total. The number of aliphatic imine (C=N–C) groups is 2. The van der Waals surface area contributed by atoms with Crippen molar-refractivity contribution >= 4 is 23.0 Å². The van der Waals surface area contributed by atoms with Gasteiger partial charge in [-0.15, -0.1) is 4.59 Å². The summed E-state index contributed by atoms with van der Waals surface area (Å²) in [6.07, 6.45) is 7.32. The summed E-state index contributed by atoms with van der Waals surface area (Å²) in [5.41, 5.74) is 3.93. The third-order valence-electron chi connectivity index (χ3n) is 5.47. The second kappa shape index (κ2) is 5.23. The van der Waals surface area contributed by atoms with Crippen LogP contribution in [0.15, 0.2) is 64.1 Å². The lowest BCUT2D eigenvalue weighted by Crippen LogP contribution is -2.53. The van der Waals surface area contributed by atoms with Crippen molar-refractivity contribution in [1.82, 2.24) is 4.98 Å². The Morgan fingerprint density at radius 2 is 2.12 bits per heavy atom. The lowest BCUT2D eigenvalue weighted by molar-refractivity contribution is -0.750. The number of benzene rings is 1. The zero-order valence-corrected chi connectivity index (χ0v) is 13.8. The number of nitrogens with two attached hydrogens (primary N) is 1. The molecular formula is C19H20N5O+. The average molecular weight is 334 g/mol. The van der Waals surface area contributed by atoms with Crippen molar-refractivity contribution in [3.05, 3.63) is 59.8 Å². The molecule has 1 aromatic heterocycles. The van der Waals surface area contributed by atoms with Crippen molar-refractivity contribution in [3.63, 3.8) is 0 Å². The van der Waals surface area contributed by atoms with E-state index in [-0.39, 0.29) is 11.2 Å². The number of allylic oxidation sites excluding steroid dienone is 2. The maximum atomic E-state index is 9.32. The number of nitrogens with one attached hydrogen (secondary N) is 1. The molecule has 3 heterocycles. The predicted octanol–water partition coefficient (Wildman–Crippen LogP) is 2.40. The van der Waals surface area contributed by atoms with Crippen molar-refractivity contribution in [3.8, 4) is 0 Å². The molecule has 3 aliphatic rings. The number of quaternary nitrogens is 1. The summed E-state index contributed by atoms with van der Waals surface area (Å²) in [5, 5.41) is 10.5. The van der Waals surface area contributed by atoms with Crippen molar-refractivity contribution in [1.29, 1.82) is 0 Å². The topological polar surface area (TPSA) is 86.8 Å². The molecule has 1 fully saturated rings. The molecule has 1 aromatic carbocycles. The minimum Gasteiger partial charge on any atom is -0.396 e. The van der Waals surface area contributed by atoms with Gasteiger partial charge in [0.05, 0.1) is 12.4 Å². The van der Waals surface area contributed by atoms with Crippen LogP contribution in [0.25, 0.3) is 10.9 Å². The quantitative estimate of drug-likeness (QED) is 0.594. The monoisotopic (exact) mass is 334 g/mol. The van der Waals surface area contributed by atoms with E-state index in [9.17, 15) is 5.11 Å². The molecule has 6 heteroatoms. The molecule has 126 valence electrons. The van der Waals surface area contributed by atoms with Crippen LogP contribution in [0.4, 0.5) is 0 Å². The Labute approximate surface area is 145 Å². The van der Waals surface area contributed by atoms with Gasteiger partial charge in [0.25, 0.3) is 5.84 Å². The molecule has 0 radical (unpaired) electrons. The number of H-pyrrole nitrogens is 1. The number of aliphatic hydroxyl groups excluding tert-OH is 1. The number of aromatic nitrogens is 1. The molecule has 4 N–H and O–H groups in total. The summed E-state index contributed by atoms with van der Waals surface area (Å²) in [5.74, 6) is 8.24. The van der Waals surface area contributed by atoms with Gasteiger partial charge >= 0.3 is 0 Å². The zero-order valence-electron chi connectivity index (χ0n) is 13.8. The van der Waals surface area contributed by atoms with Gasteiger partial charge in [-0.05, 0) is 30.9 Å². The highest BCUT2D eigenvalue weighted by atomic mass is 16.3. The molecule has 1 saturated carbocycles. The molecule has 2 aromatic rings. The summed E-state index contributed by atoms with van der Waals surface area (Å²) in [6.45, 7) is 0.244. The first-order valence-electron chi connectivity index (χ1n) is 8.60. The highest BCUT2D eigenvalue weighted by molar-refractivity contribution is 6.02. The summed E-state index contributed by atoms with van der Waals surface area (Å²) in [6, 6.07) is 10.3. The SMILES string of the molecule is N[N+]12C=CN=CC1=C(C1CC(CO)C1)N=C2c1cc2ccccc2[nH]1. The maximum absolute atomic E-state index is 9.32. The number of aliphatic hydroxyl groups is 1. The Hall–Kier alpha value is -2.54. The van der Waals surface area contributed by atoms with E-state index < -0.39 is 0 Å².